The number of aromatic nitrogens is 2. The number of carbonyl (C=O) groups is 4. The fraction of sp³-hybridized carbons (Fsp3) is 0.500. The maximum atomic E-state index is 12.6. The van der Waals surface area contributed by atoms with Crippen molar-refractivity contribution in [3.05, 3.63) is 26.4 Å². The van der Waals surface area contributed by atoms with E-state index < -0.39 is 47.0 Å². The predicted octanol–water partition coefficient (Wildman–Crippen LogP) is -1.42. The quantitative estimate of drug-likeness (QED) is 0.385. The molecule has 0 spiro atoms. The molecule has 2 fully saturated rings. The lowest BCUT2D eigenvalue weighted by molar-refractivity contribution is -0.143. The molecule has 1 aromatic rings. The number of anilines is 1. The number of amides is 4. The molecular formula is C16H19N5O6. The summed E-state index contributed by atoms with van der Waals surface area (Å²) in [5.41, 5.74) is 3.56. The fourth-order valence-electron chi connectivity index (χ4n) is 3.49. The first kappa shape index (κ1) is 18.5. The summed E-state index contributed by atoms with van der Waals surface area (Å²) in [4.78, 5) is 75.0. The number of nitrogens with zero attached hydrogens (tertiary/aromatic N) is 4. The molecule has 3 rings (SSSR count). The molecule has 144 valence electrons. The topological polar surface area (TPSA) is 145 Å². The normalized spacial score (nSPS) is 18.1. The lowest BCUT2D eigenvalue weighted by Gasteiger charge is -2.21. The lowest BCUT2D eigenvalue weighted by atomic mass is 10.2. The van der Waals surface area contributed by atoms with Crippen LogP contribution in [0.4, 0.5) is 10.6 Å². The molecule has 0 atom stereocenters. The average Bonchev–Trinajstić information content (AvgIpc) is 3.22. The van der Waals surface area contributed by atoms with Crippen LogP contribution in [-0.2, 0) is 23.7 Å². The first-order valence-corrected chi connectivity index (χ1v) is 8.44. The Labute approximate surface area is 152 Å². The smallest absolute Gasteiger partial charge is 0.334 e. The van der Waals surface area contributed by atoms with Crippen LogP contribution >= 0.6 is 0 Å². The van der Waals surface area contributed by atoms with Crippen LogP contribution in [0.25, 0.3) is 0 Å². The van der Waals surface area contributed by atoms with Crippen molar-refractivity contribution in [1.29, 1.82) is 0 Å². The van der Waals surface area contributed by atoms with Gasteiger partial charge in [-0.05, 0) is 12.8 Å². The number of rotatable bonds is 4. The molecule has 0 unspecified atom stereocenters. The van der Waals surface area contributed by atoms with Crippen LogP contribution in [0.2, 0.25) is 0 Å². The molecule has 0 aromatic carbocycles. The van der Waals surface area contributed by atoms with E-state index in [1.165, 1.54) is 14.1 Å². The lowest BCUT2D eigenvalue weighted by Crippen LogP contribution is -2.44. The second-order valence-electron chi connectivity index (χ2n) is 6.68. The Morgan fingerprint density at radius 1 is 1.00 bits per heavy atom. The Morgan fingerprint density at radius 2 is 1.59 bits per heavy atom. The van der Waals surface area contributed by atoms with Crippen LogP contribution in [-0.4, -0.2) is 55.1 Å². The monoisotopic (exact) mass is 377 g/mol. The number of ketones is 1. The molecule has 2 N–H and O–H groups in total. The summed E-state index contributed by atoms with van der Waals surface area (Å²) in [6, 6.07) is -1.23. The zero-order chi connectivity index (χ0) is 20.0. The summed E-state index contributed by atoms with van der Waals surface area (Å²) in [5, 5.41) is 0. The molecule has 1 saturated carbocycles. The van der Waals surface area contributed by atoms with Gasteiger partial charge in [0.15, 0.2) is 5.78 Å². The van der Waals surface area contributed by atoms with Gasteiger partial charge in [-0.3, -0.25) is 33.2 Å². The highest BCUT2D eigenvalue weighted by molar-refractivity contribution is 6.45. The van der Waals surface area contributed by atoms with E-state index in [2.05, 4.69) is 0 Å². The minimum Gasteiger partial charge on any atom is -0.384 e. The maximum absolute atomic E-state index is 12.6. The maximum Gasteiger partial charge on any atom is 0.334 e. The molecule has 0 radical (unpaired) electrons. The molecular weight excluding hydrogens is 358 g/mol. The van der Waals surface area contributed by atoms with Gasteiger partial charge < -0.3 is 5.73 Å². The van der Waals surface area contributed by atoms with Crippen molar-refractivity contribution < 1.29 is 19.2 Å². The van der Waals surface area contributed by atoms with E-state index >= 15 is 0 Å². The van der Waals surface area contributed by atoms with E-state index in [0.29, 0.717) is 22.3 Å². The molecule has 2 heterocycles. The SMILES string of the molecule is Cn1c(N)c(C(=O)CN2C(=O)C(=O)N(C3CCCC3)C2=O)c(=O)n(C)c1=O. The van der Waals surface area contributed by atoms with Gasteiger partial charge in [0.2, 0.25) is 0 Å². The zero-order valence-electron chi connectivity index (χ0n) is 14.9. The molecule has 1 saturated heterocycles. The standard InChI is InChI=1S/C16H19N5O6/c1-18-11(17)10(12(23)19(2)15(18)26)9(22)7-20-13(24)14(25)21(16(20)27)8-5-3-4-6-8/h8H,3-7,17H2,1-2H3. The minimum atomic E-state index is -1.11. The Kier molecular flexibility index (Phi) is 4.46. The van der Waals surface area contributed by atoms with Crippen LogP contribution < -0.4 is 17.0 Å². The molecule has 2 aliphatic rings. The van der Waals surface area contributed by atoms with E-state index in [9.17, 15) is 28.8 Å². The van der Waals surface area contributed by atoms with Crippen molar-refractivity contribution in [1.82, 2.24) is 18.9 Å². The largest absolute Gasteiger partial charge is 0.384 e. The van der Waals surface area contributed by atoms with Crippen molar-refractivity contribution in [2.75, 3.05) is 12.3 Å². The molecule has 11 heteroatoms. The molecule has 11 nitrogen and oxygen atoms in total. The second-order valence-corrected chi connectivity index (χ2v) is 6.68. The molecule has 4 amide bonds. The third kappa shape index (κ3) is 2.75. The number of nitrogen functional groups attached to an aromatic ring is 1. The molecule has 27 heavy (non-hydrogen) atoms. The molecule has 0 bridgehead atoms. The molecule has 1 aliphatic heterocycles. The van der Waals surface area contributed by atoms with E-state index in [0.717, 1.165) is 22.3 Å². The number of Topliss-reactive ketones (excluding diaryl/α,β-unsaturated/α-hetero) is 1. The third-order valence-corrected chi connectivity index (χ3v) is 5.06. The minimum absolute atomic E-state index is 0.357. The summed E-state index contributed by atoms with van der Waals surface area (Å²) in [6.45, 7) is -0.801. The van der Waals surface area contributed by atoms with Gasteiger partial charge in [0.05, 0.1) is 6.54 Å². The van der Waals surface area contributed by atoms with E-state index in [1.807, 2.05) is 0 Å². The Morgan fingerprint density at radius 3 is 2.19 bits per heavy atom. The second kappa shape index (κ2) is 6.49. The van der Waals surface area contributed by atoms with Gasteiger partial charge in [-0.15, -0.1) is 0 Å². The van der Waals surface area contributed by atoms with Gasteiger partial charge >= 0.3 is 23.5 Å². The third-order valence-electron chi connectivity index (χ3n) is 5.06. The highest BCUT2D eigenvalue weighted by Gasteiger charge is 2.48. The molecule has 1 aromatic heterocycles. The zero-order valence-corrected chi connectivity index (χ0v) is 14.9. The van der Waals surface area contributed by atoms with Crippen molar-refractivity contribution >= 4 is 29.4 Å². The predicted molar refractivity (Wildman–Crippen MR) is 91.9 cm³/mol. The number of hydrogen-bond acceptors (Lipinski definition) is 7. The first-order chi connectivity index (χ1) is 12.7. The summed E-state index contributed by atoms with van der Waals surface area (Å²) in [5.74, 6) is -3.38. The van der Waals surface area contributed by atoms with E-state index in [1.54, 1.807) is 0 Å². The van der Waals surface area contributed by atoms with Crippen LogP contribution in [0.1, 0.15) is 36.0 Å². The van der Waals surface area contributed by atoms with E-state index in [-0.39, 0.29) is 11.9 Å². The highest BCUT2D eigenvalue weighted by Crippen LogP contribution is 2.27. The van der Waals surface area contributed by atoms with Crippen LogP contribution in [0.3, 0.4) is 0 Å². The first-order valence-electron chi connectivity index (χ1n) is 8.44. The van der Waals surface area contributed by atoms with Gasteiger partial charge in [0, 0.05) is 20.1 Å². The van der Waals surface area contributed by atoms with Crippen LogP contribution in [0.5, 0.6) is 0 Å². The Hall–Kier alpha value is -3.24. The van der Waals surface area contributed by atoms with Crippen molar-refractivity contribution in [2.45, 2.75) is 31.7 Å². The van der Waals surface area contributed by atoms with Gasteiger partial charge in [0.25, 0.3) is 5.56 Å². The molecule has 1 aliphatic carbocycles. The average molecular weight is 377 g/mol. The fourth-order valence-corrected chi connectivity index (χ4v) is 3.49. The highest BCUT2D eigenvalue weighted by atomic mass is 16.2. The number of imide groups is 2. The Bertz CT molecular complexity index is 984. The van der Waals surface area contributed by atoms with Crippen LogP contribution in [0.15, 0.2) is 9.59 Å². The summed E-state index contributed by atoms with van der Waals surface area (Å²) in [7, 11) is 2.46. The number of carbonyl (C=O) groups excluding carboxylic acids is 4. The van der Waals surface area contributed by atoms with Gasteiger partial charge in [-0.1, -0.05) is 12.8 Å². The number of hydrogen-bond donors (Lipinski definition) is 1. The number of nitrogens with two attached hydrogens (primary N) is 1. The van der Waals surface area contributed by atoms with Crippen LogP contribution in [0, 0.1) is 0 Å². The van der Waals surface area contributed by atoms with Gasteiger partial charge in [-0.25, -0.2) is 14.5 Å². The van der Waals surface area contributed by atoms with Crippen molar-refractivity contribution in [2.24, 2.45) is 14.1 Å². The van der Waals surface area contributed by atoms with Crippen molar-refractivity contribution in [3.63, 3.8) is 0 Å². The number of urea groups is 1. The van der Waals surface area contributed by atoms with E-state index in [4.69, 9.17) is 5.73 Å². The summed E-state index contributed by atoms with van der Waals surface area (Å²) in [6.07, 6.45) is 2.92. The summed E-state index contributed by atoms with van der Waals surface area (Å²) >= 11 is 0. The van der Waals surface area contributed by atoms with Gasteiger partial charge in [0.1, 0.15) is 11.4 Å². The van der Waals surface area contributed by atoms with Crippen molar-refractivity contribution in [3.8, 4) is 0 Å². The van der Waals surface area contributed by atoms with Gasteiger partial charge in [-0.2, -0.15) is 0 Å². The summed E-state index contributed by atoms with van der Waals surface area (Å²) < 4.78 is 1.62. The Balaban J connectivity index is 1.92.